The van der Waals surface area contributed by atoms with Crippen LogP contribution in [0.1, 0.15) is 31.2 Å². The zero-order valence-corrected chi connectivity index (χ0v) is 14.1. The van der Waals surface area contributed by atoms with E-state index in [-0.39, 0.29) is 12.5 Å². The number of rotatable bonds is 6. The highest BCUT2D eigenvalue weighted by molar-refractivity contribution is 5.67. The van der Waals surface area contributed by atoms with E-state index in [9.17, 15) is 10.2 Å². The van der Waals surface area contributed by atoms with E-state index in [2.05, 4.69) is 18.2 Å². The minimum atomic E-state index is -1.16. The molecule has 2 atom stereocenters. The van der Waals surface area contributed by atoms with Gasteiger partial charge in [0.05, 0.1) is 11.7 Å². The van der Waals surface area contributed by atoms with Gasteiger partial charge in [0.2, 0.25) is 0 Å². The lowest BCUT2D eigenvalue weighted by Crippen LogP contribution is -2.53. The molecule has 0 radical (unpaired) electrons. The second-order valence-corrected chi connectivity index (χ2v) is 6.92. The van der Waals surface area contributed by atoms with E-state index in [0.29, 0.717) is 6.42 Å². The van der Waals surface area contributed by atoms with Gasteiger partial charge in [0, 0.05) is 13.0 Å². The zero-order valence-electron chi connectivity index (χ0n) is 14.1. The molecule has 3 rings (SSSR count). The molecule has 0 saturated heterocycles. The van der Waals surface area contributed by atoms with Gasteiger partial charge in [0.1, 0.15) is 0 Å². The van der Waals surface area contributed by atoms with E-state index in [4.69, 9.17) is 5.73 Å². The highest BCUT2D eigenvalue weighted by Gasteiger charge is 2.44. The van der Waals surface area contributed by atoms with E-state index in [1.54, 1.807) is 0 Å². The van der Waals surface area contributed by atoms with Gasteiger partial charge in [-0.3, -0.25) is 0 Å². The summed E-state index contributed by atoms with van der Waals surface area (Å²) in [4.78, 5) is 0. The van der Waals surface area contributed by atoms with Crippen molar-refractivity contribution in [1.29, 1.82) is 0 Å². The van der Waals surface area contributed by atoms with Gasteiger partial charge in [0.15, 0.2) is 0 Å². The molecular weight excluding hydrogens is 298 g/mol. The number of hydrogen-bond acceptors (Lipinski definition) is 3. The van der Waals surface area contributed by atoms with Gasteiger partial charge >= 0.3 is 0 Å². The summed E-state index contributed by atoms with van der Waals surface area (Å²) >= 11 is 0. The third kappa shape index (κ3) is 3.39. The molecule has 1 saturated carbocycles. The molecule has 0 aromatic heterocycles. The van der Waals surface area contributed by atoms with Crippen molar-refractivity contribution >= 4 is 0 Å². The Morgan fingerprint density at radius 1 is 1.00 bits per heavy atom. The number of benzene rings is 2. The van der Waals surface area contributed by atoms with Crippen LogP contribution in [0.25, 0.3) is 11.1 Å². The molecule has 1 aliphatic carbocycles. The third-order valence-electron chi connectivity index (χ3n) is 5.44. The van der Waals surface area contributed by atoms with Gasteiger partial charge in [-0.1, -0.05) is 67.4 Å². The maximum atomic E-state index is 11.4. The smallest absolute Gasteiger partial charge is 0.0986 e. The Balaban J connectivity index is 1.96. The largest absolute Gasteiger partial charge is 0.389 e. The van der Waals surface area contributed by atoms with Gasteiger partial charge in [-0.05, 0) is 35.4 Å². The SMILES string of the molecule is NCC(O)C(O)(Cc1ccccc1-c1ccccc1)C1CCCC1. The van der Waals surface area contributed by atoms with E-state index < -0.39 is 11.7 Å². The highest BCUT2D eigenvalue weighted by Crippen LogP contribution is 2.39. The molecule has 128 valence electrons. The minimum Gasteiger partial charge on any atom is -0.389 e. The third-order valence-corrected chi connectivity index (χ3v) is 5.44. The summed E-state index contributed by atoms with van der Waals surface area (Å²) in [7, 11) is 0. The van der Waals surface area contributed by atoms with E-state index in [1.807, 2.05) is 36.4 Å². The van der Waals surface area contributed by atoms with Crippen LogP contribution >= 0.6 is 0 Å². The molecule has 4 N–H and O–H groups in total. The fourth-order valence-electron chi connectivity index (χ4n) is 4.04. The number of aliphatic hydroxyl groups is 2. The van der Waals surface area contributed by atoms with Crippen molar-refractivity contribution in [3.8, 4) is 11.1 Å². The van der Waals surface area contributed by atoms with Crippen LogP contribution in [0.5, 0.6) is 0 Å². The number of aliphatic hydroxyl groups excluding tert-OH is 1. The van der Waals surface area contributed by atoms with Crippen LogP contribution in [0.4, 0.5) is 0 Å². The van der Waals surface area contributed by atoms with Crippen LogP contribution in [0.2, 0.25) is 0 Å². The van der Waals surface area contributed by atoms with Crippen molar-refractivity contribution in [3.05, 3.63) is 60.2 Å². The standard InChI is InChI=1S/C21H27NO2/c22-15-20(23)21(24,18-11-5-6-12-18)14-17-10-4-7-13-19(17)16-8-2-1-3-9-16/h1-4,7-10,13,18,20,23-24H,5-6,11-12,14-15,22H2. The molecule has 2 aromatic rings. The number of nitrogens with two attached hydrogens (primary N) is 1. The summed E-state index contributed by atoms with van der Waals surface area (Å²) in [6.45, 7) is 0.0838. The first kappa shape index (κ1) is 17.2. The molecule has 3 heteroatoms. The van der Waals surface area contributed by atoms with Gasteiger partial charge < -0.3 is 15.9 Å². The predicted octanol–water partition coefficient (Wildman–Crippen LogP) is 3.14. The van der Waals surface area contributed by atoms with Crippen molar-refractivity contribution in [2.75, 3.05) is 6.54 Å². The van der Waals surface area contributed by atoms with Crippen LogP contribution in [0, 0.1) is 5.92 Å². The van der Waals surface area contributed by atoms with Crippen LogP contribution in [-0.4, -0.2) is 28.5 Å². The molecule has 0 heterocycles. The second kappa shape index (κ2) is 7.47. The average Bonchev–Trinajstić information content (AvgIpc) is 3.17. The van der Waals surface area contributed by atoms with E-state index >= 15 is 0 Å². The summed E-state index contributed by atoms with van der Waals surface area (Å²) in [5.41, 5.74) is 7.86. The van der Waals surface area contributed by atoms with Crippen molar-refractivity contribution in [3.63, 3.8) is 0 Å². The molecular formula is C21H27NO2. The van der Waals surface area contributed by atoms with Gasteiger partial charge in [-0.25, -0.2) is 0 Å². The van der Waals surface area contributed by atoms with E-state index in [0.717, 1.165) is 42.4 Å². The lowest BCUT2D eigenvalue weighted by atomic mass is 9.76. The number of hydrogen-bond donors (Lipinski definition) is 3. The molecule has 0 spiro atoms. The monoisotopic (exact) mass is 325 g/mol. The predicted molar refractivity (Wildman–Crippen MR) is 97.6 cm³/mol. The lowest BCUT2D eigenvalue weighted by molar-refractivity contribution is -0.108. The summed E-state index contributed by atoms with van der Waals surface area (Å²) in [5, 5.41) is 21.9. The maximum absolute atomic E-state index is 11.4. The lowest BCUT2D eigenvalue weighted by Gasteiger charge is -2.38. The van der Waals surface area contributed by atoms with Crippen LogP contribution in [0.3, 0.4) is 0 Å². The Morgan fingerprint density at radius 3 is 2.29 bits per heavy atom. The van der Waals surface area contributed by atoms with E-state index in [1.165, 1.54) is 0 Å². The van der Waals surface area contributed by atoms with Crippen LogP contribution < -0.4 is 5.73 Å². The van der Waals surface area contributed by atoms with Crippen molar-refractivity contribution in [2.24, 2.45) is 11.7 Å². The summed E-state index contributed by atoms with van der Waals surface area (Å²) in [6, 6.07) is 18.3. The van der Waals surface area contributed by atoms with Crippen LogP contribution in [0.15, 0.2) is 54.6 Å². The van der Waals surface area contributed by atoms with Gasteiger partial charge in [0.25, 0.3) is 0 Å². The van der Waals surface area contributed by atoms with Crippen LogP contribution in [-0.2, 0) is 6.42 Å². The quantitative estimate of drug-likeness (QED) is 0.764. The van der Waals surface area contributed by atoms with Crippen molar-refractivity contribution < 1.29 is 10.2 Å². The Labute approximate surface area is 144 Å². The first-order chi connectivity index (χ1) is 11.6. The Hall–Kier alpha value is -1.68. The Bertz CT molecular complexity index is 652. The molecule has 1 fully saturated rings. The normalized spacial score (nSPS) is 19.1. The summed E-state index contributed by atoms with van der Waals surface area (Å²) < 4.78 is 0. The average molecular weight is 325 g/mol. The zero-order chi connectivity index (χ0) is 17.0. The Kier molecular flexibility index (Phi) is 5.34. The molecule has 3 nitrogen and oxygen atoms in total. The van der Waals surface area contributed by atoms with Gasteiger partial charge in [-0.15, -0.1) is 0 Å². The van der Waals surface area contributed by atoms with Gasteiger partial charge in [-0.2, -0.15) is 0 Å². The molecule has 2 aromatic carbocycles. The second-order valence-electron chi connectivity index (χ2n) is 6.92. The van der Waals surface area contributed by atoms with Crippen molar-refractivity contribution in [1.82, 2.24) is 0 Å². The maximum Gasteiger partial charge on any atom is 0.0986 e. The molecule has 24 heavy (non-hydrogen) atoms. The highest BCUT2D eigenvalue weighted by atomic mass is 16.3. The Morgan fingerprint density at radius 2 is 1.62 bits per heavy atom. The molecule has 0 aliphatic heterocycles. The fraction of sp³-hybridized carbons (Fsp3) is 0.429. The molecule has 1 aliphatic rings. The fourth-order valence-corrected chi connectivity index (χ4v) is 4.04. The summed E-state index contributed by atoms with van der Waals surface area (Å²) in [5.74, 6) is 0.111. The van der Waals surface area contributed by atoms with Crippen molar-refractivity contribution in [2.45, 2.75) is 43.8 Å². The summed E-state index contributed by atoms with van der Waals surface area (Å²) in [6.07, 6.45) is 3.68. The molecule has 0 bridgehead atoms. The first-order valence-electron chi connectivity index (χ1n) is 8.89. The first-order valence-corrected chi connectivity index (χ1v) is 8.89. The molecule has 2 unspecified atom stereocenters. The minimum absolute atomic E-state index is 0.0838. The topological polar surface area (TPSA) is 66.5 Å². The molecule has 0 amide bonds.